The average Bonchev–Trinajstić information content (AvgIpc) is 3.50. The molecule has 0 amide bonds. The van der Waals surface area contributed by atoms with Crippen LogP contribution >= 0.6 is 7.92 Å². The van der Waals surface area contributed by atoms with Gasteiger partial charge in [0.2, 0.25) is 0 Å². The van der Waals surface area contributed by atoms with Gasteiger partial charge in [-0.25, -0.2) is 0 Å². The first kappa shape index (κ1) is 70.0. The molecular formula is C65H85N4O3P. The summed E-state index contributed by atoms with van der Waals surface area (Å²) in [6.07, 6.45) is 0. The van der Waals surface area contributed by atoms with E-state index in [0.29, 0.717) is 13.1 Å². The zero-order chi connectivity index (χ0) is 55.2. The van der Waals surface area contributed by atoms with E-state index in [-0.39, 0.29) is 18.2 Å². The van der Waals surface area contributed by atoms with Gasteiger partial charge in [-0.15, -0.1) is 0 Å². The van der Waals surface area contributed by atoms with Crippen molar-refractivity contribution < 1.29 is 14.7 Å². The molecule has 0 saturated heterocycles. The van der Waals surface area contributed by atoms with Crippen LogP contribution in [-0.4, -0.2) is 16.7 Å². The maximum Gasteiger partial charge on any atom is 0.159 e. The number of rotatable bonds is 9. The Hall–Kier alpha value is -7.24. The fourth-order valence-corrected chi connectivity index (χ4v) is 7.72. The summed E-state index contributed by atoms with van der Waals surface area (Å²) >= 11 is 0. The van der Waals surface area contributed by atoms with Crippen LogP contribution in [0.5, 0.6) is 0 Å². The Morgan fingerprint density at radius 3 is 0.836 bits per heavy atom. The van der Waals surface area contributed by atoms with E-state index in [4.69, 9.17) is 16.4 Å². The summed E-state index contributed by atoms with van der Waals surface area (Å²) in [5.41, 5.74) is 18.1. The van der Waals surface area contributed by atoms with Crippen molar-refractivity contribution in [2.24, 2.45) is 10.8 Å². The highest BCUT2D eigenvalue weighted by atomic mass is 31.1. The van der Waals surface area contributed by atoms with Gasteiger partial charge >= 0.3 is 0 Å². The van der Waals surface area contributed by atoms with Gasteiger partial charge in [-0.05, 0) is 59.9 Å². The minimum Gasteiger partial charge on any atom is -0.392 e. The minimum atomic E-state index is -0.446. The molecule has 388 valence electrons. The molecule has 73 heavy (non-hydrogen) atoms. The van der Waals surface area contributed by atoms with Gasteiger partial charge in [0.25, 0.3) is 0 Å². The van der Waals surface area contributed by atoms with Crippen LogP contribution in [0.15, 0.2) is 248 Å². The second-order valence-corrected chi connectivity index (χ2v) is 15.6. The molecule has 0 aliphatic rings. The topological polar surface area (TPSA) is 129 Å². The van der Waals surface area contributed by atoms with E-state index in [9.17, 15) is 9.59 Å². The number of aliphatic hydroxyl groups is 1. The molecule has 8 aromatic carbocycles. The number of hydrogen-bond donors (Lipinski definition) is 2. The number of azide groups is 1. The highest BCUT2D eigenvalue weighted by Gasteiger charge is 2.15. The molecule has 0 aromatic heterocycles. The monoisotopic (exact) mass is 1000 g/mol. The quantitative estimate of drug-likeness (QED) is 0.0490. The normalized spacial score (nSPS) is 8.53. The average molecular weight is 1000 g/mol. The third kappa shape index (κ3) is 35.5. The molecule has 0 unspecified atom stereocenters. The summed E-state index contributed by atoms with van der Waals surface area (Å²) < 4.78 is 0. The summed E-state index contributed by atoms with van der Waals surface area (Å²) in [5.74, 6) is 0.242. The van der Waals surface area contributed by atoms with Gasteiger partial charge in [-0.1, -0.05) is 317 Å². The van der Waals surface area contributed by atoms with Crippen LogP contribution in [0.1, 0.15) is 120 Å². The lowest BCUT2D eigenvalue weighted by Gasteiger charge is -2.18. The molecule has 0 radical (unpaired) electrons. The van der Waals surface area contributed by atoms with Gasteiger partial charge in [0.15, 0.2) is 11.6 Å². The molecule has 8 rings (SSSR count). The Morgan fingerprint density at radius 1 is 0.411 bits per heavy atom. The highest BCUT2D eigenvalue weighted by Crippen LogP contribution is 2.32. The fourth-order valence-electron chi connectivity index (χ4n) is 5.42. The lowest BCUT2D eigenvalue weighted by molar-refractivity contribution is 0.100. The number of benzene rings is 8. The van der Waals surface area contributed by atoms with E-state index >= 15 is 0 Å². The number of hydrogen-bond acceptors (Lipinski definition) is 5. The van der Waals surface area contributed by atoms with Crippen LogP contribution in [0.2, 0.25) is 0 Å². The van der Waals surface area contributed by atoms with Crippen molar-refractivity contribution in [2.45, 2.75) is 103 Å². The highest BCUT2D eigenvalue weighted by molar-refractivity contribution is 7.79. The third-order valence-electron chi connectivity index (χ3n) is 8.67. The first-order valence-corrected chi connectivity index (χ1v) is 26.7. The molecule has 8 heteroatoms. The van der Waals surface area contributed by atoms with Gasteiger partial charge < -0.3 is 10.8 Å². The molecule has 8 aromatic rings. The first-order chi connectivity index (χ1) is 35.9. The van der Waals surface area contributed by atoms with Gasteiger partial charge in [0, 0.05) is 22.6 Å². The molecule has 0 heterocycles. The number of carbonyl (C=O) groups excluding carboxylic acids is 2. The summed E-state index contributed by atoms with van der Waals surface area (Å²) in [4.78, 5) is 23.9. The van der Waals surface area contributed by atoms with Crippen molar-refractivity contribution in [3.05, 3.63) is 281 Å². The summed E-state index contributed by atoms with van der Waals surface area (Å²) in [5, 5.41) is 16.2. The van der Waals surface area contributed by atoms with Gasteiger partial charge in [0.1, 0.15) is 0 Å². The lowest BCUT2D eigenvalue weighted by atomic mass is 10.2. The van der Waals surface area contributed by atoms with E-state index in [2.05, 4.69) is 101 Å². The molecule has 0 atom stereocenters. The van der Waals surface area contributed by atoms with Crippen molar-refractivity contribution in [3.63, 3.8) is 0 Å². The second kappa shape index (κ2) is 52.6. The lowest BCUT2D eigenvalue weighted by Crippen LogP contribution is -2.20. The second-order valence-electron chi connectivity index (χ2n) is 13.4. The maximum atomic E-state index is 10.6. The maximum absolute atomic E-state index is 10.6. The molecular weight excluding hydrogens is 916 g/mol. The number of ketones is 2. The molecule has 0 bridgehead atoms. The van der Waals surface area contributed by atoms with Crippen molar-refractivity contribution in [3.8, 4) is 0 Å². The molecule has 7 nitrogen and oxygen atoms in total. The Morgan fingerprint density at radius 2 is 0.644 bits per heavy atom. The molecule has 0 saturated carbocycles. The Bertz CT molecular complexity index is 2240. The van der Waals surface area contributed by atoms with Crippen LogP contribution in [0.4, 0.5) is 0 Å². The summed E-state index contributed by atoms with van der Waals surface area (Å²) in [6.45, 7) is 24.4. The smallest absolute Gasteiger partial charge is 0.159 e. The van der Waals surface area contributed by atoms with Gasteiger partial charge in [-0.3, -0.25) is 9.59 Å². The number of carbonyl (C=O) groups is 2. The van der Waals surface area contributed by atoms with Crippen molar-refractivity contribution in [1.82, 2.24) is 0 Å². The van der Waals surface area contributed by atoms with Crippen LogP contribution in [0, 0.1) is 0 Å². The number of nitrogens with two attached hydrogens (primary N) is 1. The van der Waals surface area contributed by atoms with Crippen molar-refractivity contribution in [1.29, 1.82) is 0 Å². The Kier molecular flexibility index (Phi) is 50.4. The standard InChI is InChI=1S/C18H15P.2C8H8O.C7H7N3.C7H9N.C7H8O.5C2H6/c1-4-10-16(11-5-1)19(17-12-6-2-7-13-17)18-14-8-3-9-15-18;2*1-7(9)8-5-3-2-4-6-8;8-10-9-6-7-4-2-1-3-5-7;2*8-6-7-4-2-1-3-5-7;5*1-2/h1-15H;2*2-6H,1H3;1-5H,6H2;1-5H,6,8H2;1-5,8H,6H2;5*1-2H3. The predicted molar refractivity (Wildman–Crippen MR) is 321 cm³/mol. The molecule has 3 N–H and O–H groups in total. The van der Waals surface area contributed by atoms with Gasteiger partial charge in [-0.2, -0.15) is 0 Å². The van der Waals surface area contributed by atoms with Crippen LogP contribution in [-0.2, 0) is 19.7 Å². The van der Waals surface area contributed by atoms with Crippen molar-refractivity contribution in [2.75, 3.05) is 0 Å². The van der Waals surface area contributed by atoms with E-state index in [1.165, 1.54) is 21.5 Å². The van der Waals surface area contributed by atoms with E-state index in [0.717, 1.165) is 22.3 Å². The van der Waals surface area contributed by atoms with E-state index in [1.807, 2.05) is 221 Å². The number of nitrogens with zero attached hydrogens (tertiary/aromatic N) is 3. The Balaban J connectivity index is -0.000000802. The van der Waals surface area contributed by atoms with E-state index in [1.54, 1.807) is 13.8 Å². The number of aliphatic hydroxyl groups excluding tert-OH is 1. The third-order valence-corrected chi connectivity index (χ3v) is 11.1. The molecule has 0 aliphatic heterocycles. The van der Waals surface area contributed by atoms with Crippen molar-refractivity contribution >= 4 is 35.4 Å². The largest absolute Gasteiger partial charge is 0.392 e. The molecule has 0 fully saturated rings. The van der Waals surface area contributed by atoms with Crippen LogP contribution in [0.3, 0.4) is 0 Å². The zero-order valence-electron chi connectivity index (χ0n) is 45.8. The first-order valence-electron chi connectivity index (χ1n) is 25.4. The van der Waals surface area contributed by atoms with Crippen LogP contribution in [0.25, 0.3) is 10.4 Å². The fraction of sp³-hybridized carbons (Fsp3) is 0.231. The Labute approximate surface area is 442 Å². The van der Waals surface area contributed by atoms with E-state index < -0.39 is 7.92 Å². The zero-order valence-corrected chi connectivity index (χ0v) is 46.7. The summed E-state index contributed by atoms with van der Waals surface area (Å²) in [6, 6.07) is 79.9. The predicted octanol–water partition coefficient (Wildman–Crippen LogP) is 17.2. The SMILES string of the molecule is CC.CC.CC.CC.CC.CC(=O)c1ccccc1.CC(=O)c1ccccc1.NCc1ccccc1.OCc1ccccc1.[N-]=[N+]=NCc1ccccc1.c1ccc(P(c2ccccc2)c2ccccc2)cc1. The summed E-state index contributed by atoms with van der Waals surface area (Å²) in [7, 11) is -0.446. The minimum absolute atomic E-state index is 0.121. The van der Waals surface area contributed by atoms with Gasteiger partial charge in [0.05, 0.1) is 13.2 Å². The number of Topliss-reactive ketones (excluding diaryl/α,β-unsaturated/α-hetero) is 2. The van der Waals surface area contributed by atoms with Crippen LogP contribution < -0.4 is 21.6 Å². The molecule has 0 spiro atoms. The molecule has 0 aliphatic carbocycles.